The summed E-state index contributed by atoms with van der Waals surface area (Å²) in [5, 5.41) is 4.54. The van der Waals surface area contributed by atoms with Crippen LogP contribution >= 0.6 is 38.6 Å². The number of carbonyl (C=O) groups excluding carboxylic acids is 1. The van der Waals surface area contributed by atoms with Crippen LogP contribution in [0.4, 0.5) is 4.39 Å². The van der Waals surface area contributed by atoms with Gasteiger partial charge in [-0.3, -0.25) is 4.79 Å². The highest BCUT2D eigenvalue weighted by molar-refractivity contribution is 9.10. The number of halogens is 2. The van der Waals surface area contributed by atoms with Crippen molar-refractivity contribution in [1.82, 2.24) is 9.88 Å². The van der Waals surface area contributed by atoms with Crippen molar-refractivity contribution < 1.29 is 9.18 Å². The van der Waals surface area contributed by atoms with Gasteiger partial charge in [-0.15, -0.1) is 22.7 Å². The van der Waals surface area contributed by atoms with Crippen molar-refractivity contribution in [2.45, 2.75) is 6.54 Å². The Bertz CT molecular complexity index is 832. The molecule has 3 rings (SSSR count). The molecule has 118 valence electrons. The van der Waals surface area contributed by atoms with E-state index in [1.54, 1.807) is 35.9 Å². The highest BCUT2D eigenvalue weighted by atomic mass is 79.9. The van der Waals surface area contributed by atoms with Crippen molar-refractivity contribution in [2.24, 2.45) is 0 Å². The minimum Gasteiger partial charge on any atom is -0.336 e. The number of rotatable bonds is 4. The first-order valence-electron chi connectivity index (χ1n) is 6.73. The van der Waals surface area contributed by atoms with Gasteiger partial charge in [0.2, 0.25) is 0 Å². The van der Waals surface area contributed by atoms with Crippen LogP contribution in [0.5, 0.6) is 0 Å². The van der Waals surface area contributed by atoms with E-state index < -0.39 is 0 Å². The number of amides is 1. The van der Waals surface area contributed by atoms with Gasteiger partial charge in [-0.25, -0.2) is 9.37 Å². The van der Waals surface area contributed by atoms with E-state index in [-0.39, 0.29) is 18.3 Å². The van der Waals surface area contributed by atoms with Gasteiger partial charge in [0, 0.05) is 29.0 Å². The van der Waals surface area contributed by atoms with Gasteiger partial charge in [-0.05, 0) is 29.6 Å². The van der Waals surface area contributed by atoms with E-state index in [4.69, 9.17) is 0 Å². The molecule has 0 N–H and O–H groups in total. The van der Waals surface area contributed by atoms with Crippen molar-refractivity contribution in [3.8, 4) is 9.88 Å². The zero-order valence-corrected chi connectivity index (χ0v) is 15.3. The van der Waals surface area contributed by atoms with Crippen LogP contribution in [0.1, 0.15) is 16.1 Å². The van der Waals surface area contributed by atoms with Crippen molar-refractivity contribution in [1.29, 1.82) is 0 Å². The molecule has 0 saturated carbocycles. The topological polar surface area (TPSA) is 33.2 Å². The van der Waals surface area contributed by atoms with Gasteiger partial charge in [0.1, 0.15) is 16.5 Å². The Morgan fingerprint density at radius 2 is 2.17 bits per heavy atom. The minimum atomic E-state index is -0.328. The molecule has 0 aliphatic heterocycles. The molecule has 0 saturated heterocycles. The molecule has 0 unspecified atom stereocenters. The smallest absolute Gasteiger partial charge is 0.273 e. The predicted molar refractivity (Wildman–Crippen MR) is 95.3 cm³/mol. The molecule has 0 aliphatic rings. The van der Waals surface area contributed by atoms with E-state index in [0.717, 1.165) is 14.4 Å². The Balaban J connectivity index is 1.76. The summed E-state index contributed by atoms with van der Waals surface area (Å²) in [4.78, 5) is 19.4. The van der Waals surface area contributed by atoms with Crippen molar-refractivity contribution >= 4 is 44.5 Å². The Kier molecular flexibility index (Phi) is 4.89. The summed E-state index contributed by atoms with van der Waals surface area (Å²) in [5.74, 6) is -0.547. The average molecular weight is 411 g/mol. The third kappa shape index (κ3) is 3.68. The Labute approximate surface area is 149 Å². The summed E-state index contributed by atoms with van der Waals surface area (Å²) < 4.78 is 14.6. The van der Waals surface area contributed by atoms with Gasteiger partial charge < -0.3 is 4.90 Å². The summed E-state index contributed by atoms with van der Waals surface area (Å²) >= 11 is 6.33. The lowest BCUT2D eigenvalue weighted by atomic mass is 10.2. The summed E-state index contributed by atoms with van der Waals surface area (Å²) in [6.07, 6.45) is 0. The number of hydrogen-bond donors (Lipinski definition) is 0. The molecule has 7 heteroatoms. The lowest BCUT2D eigenvalue weighted by Crippen LogP contribution is -2.26. The maximum Gasteiger partial charge on any atom is 0.273 e. The number of benzene rings is 1. The molecule has 3 nitrogen and oxygen atoms in total. The lowest BCUT2D eigenvalue weighted by Gasteiger charge is -2.16. The van der Waals surface area contributed by atoms with Crippen LogP contribution in [-0.4, -0.2) is 22.8 Å². The van der Waals surface area contributed by atoms with Crippen LogP contribution in [0.2, 0.25) is 0 Å². The van der Waals surface area contributed by atoms with Gasteiger partial charge >= 0.3 is 0 Å². The molecule has 0 spiro atoms. The number of thiophene rings is 1. The number of thiazole rings is 1. The molecule has 1 amide bonds. The first kappa shape index (κ1) is 16.3. The van der Waals surface area contributed by atoms with Gasteiger partial charge in [0.15, 0.2) is 0 Å². The maximum absolute atomic E-state index is 13.8. The van der Waals surface area contributed by atoms with Gasteiger partial charge in [-0.2, -0.15) is 0 Å². The Morgan fingerprint density at radius 3 is 2.91 bits per heavy atom. The zero-order valence-electron chi connectivity index (χ0n) is 12.1. The summed E-state index contributed by atoms with van der Waals surface area (Å²) in [5.41, 5.74) is 0.847. The predicted octanol–water partition coefficient (Wildman–Crippen LogP) is 5.05. The Morgan fingerprint density at radius 1 is 1.35 bits per heavy atom. The first-order valence-corrected chi connectivity index (χ1v) is 9.28. The van der Waals surface area contributed by atoms with Crippen LogP contribution < -0.4 is 0 Å². The molecule has 0 bridgehead atoms. The fourth-order valence-corrected chi connectivity index (χ4v) is 4.09. The second-order valence-corrected chi connectivity index (χ2v) is 7.63. The average Bonchev–Trinajstić information content (AvgIpc) is 3.20. The number of carbonyl (C=O) groups is 1. The molecule has 2 heterocycles. The quantitative estimate of drug-likeness (QED) is 0.602. The Hall–Kier alpha value is -1.57. The summed E-state index contributed by atoms with van der Waals surface area (Å²) in [6, 6.07) is 8.62. The molecule has 2 aromatic heterocycles. The second-order valence-electron chi connectivity index (χ2n) is 4.91. The van der Waals surface area contributed by atoms with Crippen molar-refractivity contribution in [3.63, 3.8) is 0 Å². The van der Waals surface area contributed by atoms with Crippen LogP contribution in [0, 0.1) is 5.82 Å². The highest BCUT2D eigenvalue weighted by Crippen LogP contribution is 2.28. The second kappa shape index (κ2) is 6.90. The third-order valence-electron chi connectivity index (χ3n) is 3.22. The third-order valence-corrected chi connectivity index (χ3v) is 5.59. The van der Waals surface area contributed by atoms with E-state index >= 15 is 0 Å². The lowest BCUT2D eigenvalue weighted by molar-refractivity contribution is 0.0779. The standard InChI is InChI=1S/C16H12BrFN2OS2/c1-20(8-10-7-11(17)4-5-12(10)18)16(21)13-9-23-15(19-13)14-3-2-6-22-14/h2-7,9H,8H2,1H3. The fourth-order valence-electron chi connectivity index (χ4n) is 2.07. The van der Waals surface area contributed by atoms with Gasteiger partial charge in [0.25, 0.3) is 5.91 Å². The molecule has 0 aliphatic carbocycles. The summed E-state index contributed by atoms with van der Waals surface area (Å²) in [7, 11) is 1.65. The SMILES string of the molecule is CN(Cc1cc(Br)ccc1F)C(=O)c1csc(-c2cccs2)n1. The molecule has 0 fully saturated rings. The molecular weight excluding hydrogens is 399 g/mol. The first-order chi connectivity index (χ1) is 11.0. The molecule has 23 heavy (non-hydrogen) atoms. The normalized spacial score (nSPS) is 10.7. The molecule has 3 aromatic rings. The van der Waals surface area contributed by atoms with Crippen molar-refractivity contribution in [2.75, 3.05) is 7.05 Å². The molecular formula is C16H12BrFN2OS2. The van der Waals surface area contributed by atoms with Crippen LogP contribution in [0.15, 0.2) is 45.6 Å². The van der Waals surface area contributed by atoms with Gasteiger partial charge in [0.05, 0.1) is 4.88 Å². The van der Waals surface area contributed by atoms with E-state index in [2.05, 4.69) is 20.9 Å². The van der Waals surface area contributed by atoms with Gasteiger partial charge in [-0.1, -0.05) is 22.0 Å². The largest absolute Gasteiger partial charge is 0.336 e. The molecule has 0 radical (unpaired) electrons. The van der Waals surface area contributed by atoms with E-state index in [0.29, 0.717) is 11.3 Å². The summed E-state index contributed by atoms with van der Waals surface area (Å²) in [6.45, 7) is 0.190. The number of hydrogen-bond acceptors (Lipinski definition) is 4. The van der Waals surface area contributed by atoms with Crippen molar-refractivity contribution in [3.05, 3.63) is 62.6 Å². The number of nitrogens with zero attached hydrogens (tertiary/aromatic N) is 2. The molecule has 0 atom stereocenters. The van der Waals surface area contributed by atoms with E-state index in [1.165, 1.54) is 22.3 Å². The fraction of sp³-hybridized carbons (Fsp3) is 0.125. The monoisotopic (exact) mass is 410 g/mol. The van der Waals surface area contributed by atoms with Crippen LogP contribution in [0.25, 0.3) is 9.88 Å². The zero-order chi connectivity index (χ0) is 16.4. The van der Waals surface area contributed by atoms with E-state index in [9.17, 15) is 9.18 Å². The van der Waals surface area contributed by atoms with Crippen LogP contribution in [0.3, 0.4) is 0 Å². The number of aromatic nitrogens is 1. The highest BCUT2D eigenvalue weighted by Gasteiger charge is 2.18. The maximum atomic E-state index is 13.8. The molecule has 1 aromatic carbocycles. The van der Waals surface area contributed by atoms with E-state index in [1.807, 2.05) is 17.5 Å². The van der Waals surface area contributed by atoms with Crippen LogP contribution in [-0.2, 0) is 6.54 Å². The minimum absolute atomic E-state index is 0.190.